The zero-order valence-corrected chi connectivity index (χ0v) is 33.2. The summed E-state index contributed by atoms with van der Waals surface area (Å²) < 4.78 is 2.13. The van der Waals surface area contributed by atoms with Gasteiger partial charge in [0.25, 0.3) is 11.8 Å². The maximum absolute atomic E-state index is 12.5. The van der Waals surface area contributed by atoms with Gasteiger partial charge in [-0.05, 0) is 140 Å². The van der Waals surface area contributed by atoms with Gasteiger partial charge in [-0.25, -0.2) is 9.97 Å². The van der Waals surface area contributed by atoms with E-state index in [9.17, 15) is 14.7 Å². The van der Waals surface area contributed by atoms with E-state index in [0.717, 1.165) is 59.6 Å². The number of aryl methyl sites for hydroxylation is 1. The van der Waals surface area contributed by atoms with Gasteiger partial charge in [0.1, 0.15) is 15.8 Å². The molecule has 2 aromatic heterocycles. The molecule has 0 atom stereocenters. The quantitative estimate of drug-likeness (QED) is 0.141. The van der Waals surface area contributed by atoms with E-state index in [1.165, 1.54) is 21.6 Å². The lowest BCUT2D eigenvalue weighted by Crippen LogP contribution is -2.13. The summed E-state index contributed by atoms with van der Waals surface area (Å²) in [5, 5.41) is 17.3. The van der Waals surface area contributed by atoms with Crippen molar-refractivity contribution in [3.8, 4) is 26.9 Å². The van der Waals surface area contributed by atoms with Gasteiger partial charge < -0.3 is 25.5 Å². The lowest BCUT2D eigenvalue weighted by atomic mass is 10.1. The fourth-order valence-electron chi connectivity index (χ4n) is 5.81. The summed E-state index contributed by atoms with van der Waals surface area (Å²) >= 11 is 3.20. The molecule has 0 spiro atoms. The Kier molecular flexibility index (Phi) is 11.1. The maximum Gasteiger partial charge on any atom is 0.255 e. The molecule has 8 aromatic rings. The van der Waals surface area contributed by atoms with Crippen LogP contribution < -0.4 is 20.4 Å². The molecule has 2 heterocycles. The first-order chi connectivity index (χ1) is 27.0. The van der Waals surface area contributed by atoms with Crippen LogP contribution in [0, 0.1) is 6.92 Å². The molecule has 0 aliphatic heterocycles. The second kappa shape index (κ2) is 16.4. The van der Waals surface area contributed by atoms with Crippen LogP contribution in [0.25, 0.3) is 41.6 Å². The number of aromatic nitrogens is 2. The standard InChI is InChI=1S/C23H21N3OS.C22H19N3O2S/c1-15-4-13-20-21(14-15)28-23(25-20)17-5-9-18(10-6-17)24-22(27)16-7-11-19(12-8-16)26(2)3;1-25(2)17-9-5-14(6-10-17)21(27)23-16-7-3-15(4-8-16)22-24-19-12-11-18(26)13-20(19)28-22/h4-14H,1-3H3,(H,24,27);3-13,26H,1-2H3,(H,23,27). The van der Waals surface area contributed by atoms with E-state index in [1.54, 1.807) is 29.5 Å². The van der Waals surface area contributed by atoms with Gasteiger partial charge in [0.15, 0.2) is 0 Å². The first-order valence-corrected chi connectivity index (χ1v) is 19.5. The van der Waals surface area contributed by atoms with Crippen LogP contribution in [0.3, 0.4) is 0 Å². The lowest BCUT2D eigenvalue weighted by Gasteiger charge is -2.12. The molecule has 0 radical (unpaired) electrons. The van der Waals surface area contributed by atoms with Gasteiger partial charge in [-0.3, -0.25) is 9.59 Å². The van der Waals surface area contributed by atoms with Crippen molar-refractivity contribution in [1.29, 1.82) is 0 Å². The number of hydrogen-bond donors (Lipinski definition) is 3. The van der Waals surface area contributed by atoms with E-state index in [0.29, 0.717) is 11.1 Å². The molecule has 56 heavy (non-hydrogen) atoms. The Morgan fingerprint density at radius 1 is 0.536 bits per heavy atom. The number of rotatable bonds is 8. The fourth-order valence-corrected chi connectivity index (χ4v) is 7.89. The molecule has 0 unspecified atom stereocenters. The first-order valence-electron chi connectivity index (χ1n) is 17.8. The average molecular weight is 777 g/mol. The number of amides is 2. The van der Waals surface area contributed by atoms with E-state index >= 15 is 0 Å². The van der Waals surface area contributed by atoms with Crippen molar-refractivity contribution in [1.82, 2.24) is 9.97 Å². The molecule has 0 saturated heterocycles. The van der Waals surface area contributed by atoms with Crippen LogP contribution in [0.1, 0.15) is 26.3 Å². The topological polar surface area (TPSA) is 111 Å². The molecule has 0 saturated carbocycles. The Morgan fingerprint density at radius 3 is 1.38 bits per heavy atom. The van der Waals surface area contributed by atoms with Crippen LogP contribution in [0.2, 0.25) is 0 Å². The molecular formula is C45H40N6O3S2. The molecule has 0 aliphatic carbocycles. The van der Waals surface area contributed by atoms with Crippen LogP contribution in [0.15, 0.2) is 133 Å². The summed E-state index contributed by atoms with van der Waals surface area (Å²) in [6.07, 6.45) is 0. The van der Waals surface area contributed by atoms with Gasteiger partial charge in [-0.1, -0.05) is 6.07 Å². The number of fused-ring (bicyclic) bond motifs is 2. The third-order valence-corrected chi connectivity index (χ3v) is 11.1. The minimum absolute atomic E-state index is 0.117. The highest BCUT2D eigenvalue weighted by Gasteiger charge is 2.11. The van der Waals surface area contributed by atoms with Crippen LogP contribution >= 0.6 is 22.7 Å². The van der Waals surface area contributed by atoms with Gasteiger partial charge in [0.05, 0.1) is 20.4 Å². The summed E-state index contributed by atoms with van der Waals surface area (Å²) in [5.74, 6) is -0.0265. The number of nitrogens with one attached hydrogen (secondary N) is 2. The number of aromatic hydroxyl groups is 1. The van der Waals surface area contributed by atoms with E-state index in [1.807, 2.05) is 135 Å². The van der Waals surface area contributed by atoms with Gasteiger partial charge in [0, 0.05) is 73.2 Å². The third kappa shape index (κ3) is 8.86. The van der Waals surface area contributed by atoms with E-state index < -0.39 is 0 Å². The smallest absolute Gasteiger partial charge is 0.255 e. The zero-order chi connectivity index (χ0) is 39.3. The number of benzene rings is 6. The van der Waals surface area contributed by atoms with Crippen molar-refractivity contribution in [3.63, 3.8) is 0 Å². The minimum Gasteiger partial charge on any atom is -0.508 e. The van der Waals surface area contributed by atoms with Crippen LogP contribution in [0.4, 0.5) is 22.7 Å². The van der Waals surface area contributed by atoms with Crippen LogP contribution in [-0.2, 0) is 0 Å². The summed E-state index contributed by atoms with van der Waals surface area (Å²) in [4.78, 5) is 38.2. The molecule has 9 nitrogen and oxygen atoms in total. The third-order valence-electron chi connectivity index (χ3n) is 8.99. The van der Waals surface area contributed by atoms with E-state index in [4.69, 9.17) is 4.98 Å². The second-order valence-electron chi connectivity index (χ2n) is 13.6. The summed E-state index contributed by atoms with van der Waals surface area (Å²) in [5.41, 5.74) is 9.97. The van der Waals surface area contributed by atoms with Gasteiger partial charge in [-0.15, -0.1) is 22.7 Å². The Bertz CT molecular complexity index is 2450. The number of phenolic OH excluding ortho intramolecular Hbond substituents is 1. The Morgan fingerprint density at radius 2 is 0.946 bits per heavy atom. The highest BCUT2D eigenvalue weighted by Crippen LogP contribution is 2.33. The average Bonchev–Trinajstić information content (AvgIpc) is 3.83. The fraction of sp³-hybridized carbons (Fsp3) is 0.111. The first kappa shape index (κ1) is 37.7. The van der Waals surface area contributed by atoms with Gasteiger partial charge in [0.2, 0.25) is 0 Å². The van der Waals surface area contributed by atoms with Gasteiger partial charge >= 0.3 is 0 Å². The molecule has 11 heteroatoms. The highest BCUT2D eigenvalue weighted by molar-refractivity contribution is 7.22. The molecule has 0 fully saturated rings. The molecule has 2 amide bonds. The lowest BCUT2D eigenvalue weighted by molar-refractivity contribution is 0.101. The number of nitrogens with zero attached hydrogens (tertiary/aromatic N) is 4. The Balaban J connectivity index is 0.000000172. The maximum atomic E-state index is 12.5. The summed E-state index contributed by atoms with van der Waals surface area (Å²) in [7, 11) is 7.88. The zero-order valence-electron chi connectivity index (χ0n) is 31.6. The van der Waals surface area contributed by atoms with Crippen LogP contribution in [0.5, 0.6) is 5.75 Å². The molecule has 0 aliphatic rings. The van der Waals surface area contributed by atoms with Crippen molar-refractivity contribution in [3.05, 3.63) is 150 Å². The van der Waals surface area contributed by atoms with E-state index in [2.05, 4.69) is 40.7 Å². The SMILES string of the molecule is CN(C)c1ccc(C(=O)Nc2ccc(-c3nc4ccc(O)cc4s3)cc2)cc1.Cc1ccc2nc(-c3ccc(NC(=O)c4ccc(N(C)C)cc4)cc3)sc2c1. The van der Waals surface area contributed by atoms with E-state index in [-0.39, 0.29) is 17.6 Å². The Hall–Kier alpha value is -6.56. The number of carbonyl (C=O) groups is 2. The number of anilines is 4. The summed E-state index contributed by atoms with van der Waals surface area (Å²) in [6, 6.07) is 41.9. The van der Waals surface area contributed by atoms with Crippen molar-refractivity contribution < 1.29 is 14.7 Å². The molecule has 6 aromatic carbocycles. The highest BCUT2D eigenvalue weighted by atomic mass is 32.1. The van der Waals surface area contributed by atoms with Crippen molar-refractivity contribution >= 4 is 77.7 Å². The molecule has 8 rings (SSSR count). The van der Waals surface area contributed by atoms with Crippen LogP contribution in [-0.4, -0.2) is 55.1 Å². The summed E-state index contributed by atoms with van der Waals surface area (Å²) in [6.45, 7) is 2.09. The molecule has 280 valence electrons. The molecule has 0 bridgehead atoms. The monoisotopic (exact) mass is 776 g/mol. The normalized spacial score (nSPS) is 10.8. The predicted octanol–water partition coefficient (Wildman–Crippen LogP) is 10.6. The molecule has 3 N–H and O–H groups in total. The van der Waals surface area contributed by atoms with Crippen molar-refractivity contribution in [2.75, 3.05) is 48.6 Å². The van der Waals surface area contributed by atoms with Gasteiger partial charge in [-0.2, -0.15) is 0 Å². The van der Waals surface area contributed by atoms with Crippen molar-refractivity contribution in [2.24, 2.45) is 0 Å². The Labute approximate surface area is 333 Å². The second-order valence-corrected chi connectivity index (χ2v) is 15.7. The number of carbonyl (C=O) groups excluding carboxylic acids is 2. The molecular weight excluding hydrogens is 737 g/mol. The predicted molar refractivity (Wildman–Crippen MR) is 234 cm³/mol. The number of phenols is 1. The largest absolute Gasteiger partial charge is 0.508 e. The minimum atomic E-state index is -0.145. The number of hydrogen-bond acceptors (Lipinski definition) is 9. The number of thiazole rings is 2. The van der Waals surface area contributed by atoms with Crippen molar-refractivity contribution in [2.45, 2.75) is 6.92 Å².